The Kier molecular flexibility index (Phi) is 12.8. The Balaban J connectivity index is 0.00000676. The van der Waals surface area contributed by atoms with E-state index in [-0.39, 0.29) is 35.4 Å². The summed E-state index contributed by atoms with van der Waals surface area (Å²) in [6.07, 6.45) is 0. The van der Waals surface area contributed by atoms with E-state index in [0.717, 1.165) is 13.1 Å². The summed E-state index contributed by atoms with van der Waals surface area (Å²) in [4.78, 5) is 6.83. The summed E-state index contributed by atoms with van der Waals surface area (Å²) >= 11 is 0. The Hall–Kier alpha value is -0.910. The van der Waals surface area contributed by atoms with Crippen LogP contribution in [-0.4, -0.2) is 64.6 Å². The quantitative estimate of drug-likeness (QED) is 0.193. The number of rotatable bonds is 10. The van der Waals surface area contributed by atoms with Crippen molar-refractivity contribution in [2.24, 2.45) is 4.99 Å². The van der Waals surface area contributed by atoms with Gasteiger partial charge in [0, 0.05) is 45.3 Å². The highest BCUT2D eigenvalue weighted by Crippen LogP contribution is 2.06. The Morgan fingerprint density at radius 2 is 1.56 bits per heavy atom. The molecule has 0 spiro atoms. The number of sulfonamides is 1. The van der Waals surface area contributed by atoms with Crippen LogP contribution in [0.1, 0.15) is 27.7 Å². The van der Waals surface area contributed by atoms with Crippen molar-refractivity contribution in [3.8, 4) is 0 Å². The first-order valence-corrected chi connectivity index (χ1v) is 10.5. The second-order valence-electron chi connectivity index (χ2n) is 6.56. The van der Waals surface area contributed by atoms with Gasteiger partial charge in [0.1, 0.15) is 0 Å². The lowest BCUT2D eigenvalue weighted by Crippen LogP contribution is -2.46. The Bertz CT molecular complexity index is 643. The lowest BCUT2D eigenvalue weighted by atomic mass is 10.2. The molecule has 1 aromatic carbocycles. The van der Waals surface area contributed by atoms with E-state index in [1.54, 1.807) is 37.4 Å². The van der Waals surface area contributed by atoms with Crippen molar-refractivity contribution in [2.75, 3.05) is 33.2 Å². The Labute approximate surface area is 181 Å². The van der Waals surface area contributed by atoms with Crippen LogP contribution < -0.4 is 15.4 Å². The van der Waals surface area contributed by atoms with E-state index >= 15 is 0 Å². The third-order valence-electron chi connectivity index (χ3n) is 3.98. The highest BCUT2D eigenvalue weighted by atomic mass is 127. The van der Waals surface area contributed by atoms with Gasteiger partial charge in [-0.3, -0.25) is 9.89 Å². The van der Waals surface area contributed by atoms with Gasteiger partial charge in [-0.05, 0) is 39.8 Å². The number of aliphatic imine (C=N–C) groups is 1. The minimum absolute atomic E-state index is 0. The van der Waals surface area contributed by atoms with Crippen LogP contribution in [0.3, 0.4) is 0 Å². The van der Waals surface area contributed by atoms with E-state index in [4.69, 9.17) is 0 Å². The molecule has 27 heavy (non-hydrogen) atoms. The molecular weight excluding hydrogens is 477 g/mol. The number of benzene rings is 1. The molecule has 0 radical (unpaired) electrons. The second kappa shape index (κ2) is 13.3. The van der Waals surface area contributed by atoms with Crippen LogP contribution in [0.5, 0.6) is 0 Å². The molecule has 0 aliphatic rings. The monoisotopic (exact) mass is 511 g/mol. The number of nitrogens with zero attached hydrogens (tertiary/aromatic N) is 2. The number of guanidine groups is 1. The molecule has 0 aliphatic heterocycles. The molecule has 1 aromatic rings. The van der Waals surface area contributed by atoms with Crippen LogP contribution in [0.15, 0.2) is 40.2 Å². The average Bonchev–Trinajstić information content (AvgIpc) is 2.60. The second-order valence-corrected chi connectivity index (χ2v) is 8.33. The molecule has 156 valence electrons. The molecule has 0 bridgehead atoms. The molecule has 0 amide bonds. The van der Waals surface area contributed by atoms with Crippen LogP contribution in [0.25, 0.3) is 0 Å². The predicted octanol–water partition coefficient (Wildman–Crippen LogP) is 1.87. The molecule has 0 aromatic heterocycles. The van der Waals surface area contributed by atoms with Crippen molar-refractivity contribution in [1.82, 2.24) is 20.3 Å². The number of hydrogen-bond donors (Lipinski definition) is 3. The van der Waals surface area contributed by atoms with Gasteiger partial charge in [0.05, 0.1) is 4.90 Å². The van der Waals surface area contributed by atoms with Gasteiger partial charge in [-0.1, -0.05) is 18.2 Å². The summed E-state index contributed by atoms with van der Waals surface area (Å²) < 4.78 is 26.8. The zero-order valence-corrected chi connectivity index (χ0v) is 20.0. The van der Waals surface area contributed by atoms with Gasteiger partial charge < -0.3 is 10.6 Å². The number of nitrogens with one attached hydrogen (secondary N) is 3. The van der Waals surface area contributed by atoms with Crippen LogP contribution >= 0.6 is 24.0 Å². The molecule has 0 unspecified atom stereocenters. The van der Waals surface area contributed by atoms with Gasteiger partial charge in [0.15, 0.2) is 5.96 Å². The summed E-state index contributed by atoms with van der Waals surface area (Å²) in [5, 5.41) is 6.38. The SMILES string of the molecule is CN=C(NCCNS(=O)(=O)c1ccccc1)NCCN(C(C)C)C(C)C.I. The van der Waals surface area contributed by atoms with Gasteiger partial charge in [-0.2, -0.15) is 0 Å². The average molecular weight is 511 g/mol. The summed E-state index contributed by atoms with van der Waals surface area (Å²) in [7, 11) is -1.77. The van der Waals surface area contributed by atoms with E-state index in [1.807, 2.05) is 0 Å². The van der Waals surface area contributed by atoms with Gasteiger partial charge >= 0.3 is 0 Å². The van der Waals surface area contributed by atoms with E-state index in [0.29, 0.717) is 24.6 Å². The minimum atomic E-state index is -3.47. The summed E-state index contributed by atoms with van der Waals surface area (Å²) in [6.45, 7) is 11.2. The molecule has 9 heteroatoms. The molecule has 0 fully saturated rings. The van der Waals surface area contributed by atoms with Crippen molar-refractivity contribution in [3.63, 3.8) is 0 Å². The maximum atomic E-state index is 12.1. The normalized spacial score (nSPS) is 12.4. The zero-order chi connectivity index (χ0) is 19.6. The fourth-order valence-electron chi connectivity index (χ4n) is 2.69. The topological polar surface area (TPSA) is 85.8 Å². The molecule has 0 heterocycles. The van der Waals surface area contributed by atoms with Crippen molar-refractivity contribution >= 4 is 40.0 Å². The molecule has 7 nitrogen and oxygen atoms in total. The molecular formula is C18H34IN5O2S. The number of halogens is 1. The molecule has 1 rings (SSSR count). The molecule has 3 N–H and O–H groups in total. The maximum Gasteiger partial charge on any atom is 0.240 e. The lowest BCUT2D eigenvalue weighted by molar-refractivity contribution is 0.178. The van der Waals surface area contributed by atoms with Gasteiger partial charge in [0.2, 0.25) is 10.0 Å². The van der Waals surface area contributed by atoms with Gasteiger partial charge in [0.25, 0.3) is 0 Å². The fraction of sp³-hybridized carbons (Fsp3) is 0.611. The molecule has 0 saturated heterocycles. The first kappa shape index (κ1) is 26.1. The van der Waals surface area contributed by atoms with Crippen LogP contribution in [0.4, 0.5) is 0 Å². The first-order chi connectivity index (χ1) is 12.3. The summed E-state index contributed by atoms with van der Waals surface area (Å²) in [5.41, 5.74) is 0. The number of hydrogen-bond acceptors (Lipinski definition) is 4. The summed E-state index contributed by atoms with van der Waals surface area (Å²) in [6, 6.07) is 9.32. The van der Waals surface area contributed by atoms with Gasteiger partial charge in [-0.15, -0.1) is 24.0 Å². The smallest absolute Gasteiger partial charge is 0.240 e. The highest BCUT2D eigenvalue weighted by molar-refractivity contribution is 14.0. The molecule has 0 aliphatic carbocycles. The van der Waals surface area contributed by atoms with Gasteiger partial charge in [-0.25, -0.2) is 13.1 Å². The van der Waals surface area contributed by atoms with Crippen molar-refractivity contribution in [3.05, 3.63) is 30.3 Å². The summed E-state index contributed by atoms with van der Waals surface area (Å²) in [5.74, 6) is 0.663. The lowest BCUT2D eigenvalue weighted by Gasteiger charge is -2.30. The molecule has 0 atom stereocenters. The third-order valence-corrected chi connectivity index (χ3v) is 5.45. The van der Waals surface area contributed by atoms with Crippen molar-refractivity contribution in [2.45, 2.75) is 44.7 Å². The minimum Gasteiger partial charge on any atom is -0.355 e. The van der Waals surface area contributed by atoms with E-state index < -0.39 is 10.0 Å². The maximum absolute atomic E-state index is 12.1. The zero-order valence-electron chi connectivity index (χ0n) is 16.9. The standard InChI is InChI=1S/C18H33N5O2S.HI/c1-15(2)23(16(3)4)14-13-21-18(19-5)20-11-12-22-26(24,25)17-9-7-6-8-10-17;/h6-10,15-16,22H,11-14H2,1-5H3,(H2,19,20,21);1H. The fourth-order valence-corrected chi connectivity index (χ4v) is 3.74. The van der Waals surface area contributed by atoms with Crippen molar-refractivity contribution < 1.29 is 8.42 Å². The van der Waals surface area contributed by atoms with E-state index in [9.17, 15) is 8.42 Å². The Morgan fingerprint density at radius 3 is 2.07 bits per heavy atom. The van der Waals surface area contributed by atoms with Crippen LogP contribution in [0.2, 0.25) is 0 Å². The largest absolute Gasteiger partial charge is 0.355 e. The first-order valence-electron chi connectivity index (χ1n) is 9.03. The predicted molar refractivity (Wildman–Crippen MR) is 123 cm³/mol. The van der Waals surface area contributed by atoms with E-state index in [1.165, 1.54) is 0 Å². The third kappa shape index (κ3) is 9.72. The van der Waals surface area contributed by atoms with Crippen molar-refractivity contribution in [1.29, 1.82) is 0 Å². The molecule has 0 saturated carbocycles. The highest BCUT2D eigenvalue weighted by Gasteiger charge is 2.13. The van der Waals surface area contributed by atoms with Crippen LogP contribution in [-0.2, 0) is 10.0 Å². The van der Waals surface area contributed by atoms with Crippen LogP contribution in [0, 0.1) is 0 Å². The van der Waals surface area contributed by atoms with E-state index in [2.05, 4.69) is 52.9 Å². The Morgan fingerprint density at radius 1 is 1.00 bits per heavy atom.